The normalized spacial score (nSPS) is 16.2. The average Bonchev–Trinajstić information content (AvgIpc) is 2.62. The topological polar surface area (TPSA) is 79.5 Å². The van der Waals surface area contributed by atoms with Crippen molar-refractivity contribution in [3.63, 3.8) is 0 Å². The first-order chi connectivity index (χ1) is 12.4. The first-order valence-electron chi connectivity index (χ1n) is 9.10. The van der Waals surface area contributed by atoms with E-state index < -0.39 is 6.04 Å². The van der Waals surface area contributed by atoms with Crippen LogP contribution in [0.3, 0.4) is 0 Å². The highest BCUT2D eigenvalue weighted by Crippen LogP contribution is 2.26. The van der Waals surface area contributed by atoms with Crippen molar-refractivity contribution >= 4 is 23.4 Å². The minimum Gasteiger partial charge on any atom is -0.489 e. The van der Waals surface area contributed by atoms with E-state index in [1.54, 1.807) is 25.2 Å². The monoisotopic (exact) mass is 381 g/mol. The summed E-state index contributed by atoms with van der Waals surface area (Å²) in [6.45, 7) is 5.72. The molecular weight excluding hydrogens is 354 g/mol. The molecule has 1 atom stereocenters. The van der Waals surface area contributed by atoms with Crippen LogP contribution in [0.2, 0.25) is 5.02 Å². The number of carbonyl (C=O) groups excluding carboxylic acids is 2. The molecule has 26 heavy (non-hydrogen) atoms. The van der Waals surface area contributed by atoms with E-state index in [1.807, 2.05) is 13.8 Å². The molecule has 7 heteroatoms. The molecule has 0 bridgehead atoms. The Morgan fingerprint density at radius 2 is 2.00 bits per heavy atom. The van der Waals surface area contributed by atoms with Gasteiger partial charge in [0.05, 0.1) is 11.1 Å². The van der Waals surface area contributed by atoms with Crippen molar-refractivity contribution in [3.05, 3.63) is 28.8 Å². The number of nitrogens with one attached hydrogen (secondary N) is 3. The van der Waals surface area contributed by atoms with Gasteiger partial charge in [-0.2, -0.15) is 0 Å². The highest BCUT2D eigenvalue weighted by Gasteiger charge is 2.25. The fourth-order valence-electron chi connectivity index (χ4n) is 3.09. The van der Waals surface area contributed by atoms with Crippen LogP contribution in [0.4, 0.5) is 0 Å². The molecule has 1 heterocycles. The third kappa shape index (κ3) is 5.88. The number of hydrogen-bond donors (Lipinski definition) is 3. The second-order valence-electron chi connectivity index (χ2n) is 6.88. The van der Waals surface area contributed by atoms with Crippen LogP contribution in [0.1, 0.15) is 43.5 Å². The van der Waals surface area contributed by atoms with Crippen LogP contribution in [-0.4, -0.2) is 44.1 Å². The van der Waals surface area contributed by atoms with Crippen LogP contribution in [0.15, 0.2) is 18.2 Å². The zero-order valence-electron chi connectivity index (χ0n) is 15.6. The van der Waals surface area contributed by atoms with Crippen molar-refractivity contribution in [2.75, 3.05) is 20.1 Å². The molecule has 2 rings (SSSR count). The average molecular weight is 382 g/mol. The summed E-state index contributed by atoms with van der Waals surface area (Å²) in [5.41, 5.74) is 0.408. The van der Waals surface area contributed by atoms with E-state index in [-0.39, 0.29) is 17.9 Å². The Morgan fingerprint density at radius 1 is 1.31 bits per heavy atom. The number of likely N-dealkylation sites (N-methyl/N-ethyl adjacent to an activating group) is 1. The van der Waals surface area contributed by atoms with Crippen molar-refractivity contribution in [1.29, 1.82) is 0 Å². The Morgan fingerprint density at radius 3 is 2.58 bits per heavy atom. The van der Waals surface area contributed by atoms with Crippen LogP contribution < -0.4 is 20.7 Å². The predicted molar refractivity (Wildman–Crippen MR) is 103 cm³/mol. The molecule has 0 aliphatic carbocycles. The summed E-state index contributed by atoms with van der Waals surface area (Å²) in [4.78, 5) is 24.8. The maximum Gasteiger partial charge on any atom is 0.251 e. The van der Waals surface area contributed by atoms with Crippen molar-refractivity contribution in [2.24, 2.45) is 5.92 Å². The third-order valence-electron chi connectivity index (χ3n) is 4.45. The molecule has 3 N–H and O–H groups in total. The maximum atomic E-state index is 12.6. The molecule has 1 unspecified atom stereocenters. The van der Waals surface area contributed by atoms with Crippen molar-refractivity contribution < 1.29 is 14.3 Å². The Labute approximate surface area is 160 Å². The van der Waals surface area contributed by atoms with Crippen molar-refractivity contribution in [3.8, 4) is 5.75 Å². The number of carbonyl (C=O) groups is 2. The molecule has 0 saturated carbocycles. The van der Waals surface area contributed by atoms with Crippen LogP contribution in [0, 0.1) is 5.92 Å². The van der Waals surface area contributed by atoms with Crippen LogP contribution in [0.5, 0.6) is 5.75 Å². The van der Waals surface area contributed by atoms with Gasteiger partial charge < -0.3 is 20.7 Å². The lowest BCUT2D eigenvalue weighted by Gasteiger charge is -2.27. The van der Waals surface area contributed by atoms with Gasteiger partial charge in [0, 0.05) is 12.6 Å². The van der Waals surface area contributed by atoms with Gasteiger partial charge in [0.15, 0.2) is 0 Å². The van der Waals surface area contributed by atoms with Gasteiger partial charge in [0.25, 0.3) is 5.91 Å². The molecule has 1 aliphatic rings. The van der Waals surface area contributed by atoms with Gasteiger partial charge in [0.1, 0.15) is 11.8 Å². The molecule has 6 nitrogen and oxygen atoms in total. The van der Waals surface area contributed by atoms with E-state index in [1.165, 1.54) is 0 Å². The fourth-order valence-corrected chi connectivity index (χ4v) is 3.31. The summed E-state index contributed by atoms with van der Waals surface area (Å²) >= 11 is 6.21. The molecular formula is C19H28ClN3O3. The van der Waals surface area contributed by atoms with Gasteiger partial charge in [-0.1, -0.05) is 11.6 Å². The smallest absolute Gasteiger partial charge is 0.251 e. The molecule has 1 saturated heterocycles. The highest BCUT2D eigenvalue weighted by molar-refractivity contribution is 6.32. The summed E-state index contributed by atoms with van der Waals surface area (Å²) in [5.74, 6) is 0.466. The lowest BCUT2D eigenvalue weighted by atomic mass is 9.90. The van der Waals surface area contributed by atoms with E-state index >= 15 is 0 Å². The summed E-state index contributed by atoms with van der Waals surface area (Å²) in [5, 5.41) is 9.17. The number of benzene rings is 1. The lowest BCUT2D eigenvalue weighted by molar-refractivity contribution is -0.122. The first-order valence-corrected chi connectivity index (χ1v) is 9.48. The second kappa shape index (κ2) is 9.78. The number of ether oxygens (including phenoxy) is 1. The van der Waals surface area contributed by atoms with Crippen molar-refractivity contribution in [2.45, 2.75) is 45.3 Å². The molecule has 144 valence electrons. The zero-order chi connectivity index (χ0) is 19.1. The van der Waals surface area contributed by atoms with Gasteiger partial charge in [-0.25, -0.2) is 0 Å². The maximum absolute atomic E-state index is 12.6. The number of hydrogen-bond acceptors (Lipinski definition) is 4. The Kier molecular flexibility index (Phi) is 7.72. The summed E-state index contributed by atoms with van der Waals surface area (Å²) < 4.78 is 5.58. The van der Waals surface area contributed by atoms with E-state index in [2.05, 4.69) is 16.0 Å². The van der Waals surface area contributed by atoms with E-state index in [0.29, 0.717) is 28.7 Å². The summed E-state index contributed by atoms with van der Waals surface area (Å²) in [6, 6.07) is 4.35. The molecule has 1 aromatic carbocycles. The fraction of sp³-hybridized carbons (Fsp3) is 0.579. The van der Waals surface area contributed by atoms with Gasteiger partial charge in [-0.15, -0.1) is 0 Å². The minimum atomic E-state index is -0.555. The van der Waals surface area contributed by atoms with Crippen LogP contribution in [-0.2, 0) is 4.79 Å². The van der Waals surface area contributed by atoms with Gasteiger partial charge in [-0.3, -0.25) is 9.59 Å². The predicted octanol–water partition coefficient (Wildman–Crippen LogP) is 2.36. The SMILES string of the molecule is CNC(=O)C(CC1CCNCC1)NC(=O)c1ccc(OC(C)C)c(Cl)c1. The Bertz CT molecular complexity index is 630. The van der Waals surface area contributed by atoms with Gasteiger partial charge in [-0.05, 0) is 70.3 Å². The quantitative estimate of drug-likeness (QED) is 0.677. The molecule has 0 radical (unpaired) electrons. The highest BCUT2D eigenvalue weighted by atomic mass is 35.5. The number of rotatable bonds is 7. The van der Waals surface area contributed by atoms with E-state index in [0.717, 1.165) is 25.9 Å². The Hall–Kier alpha value is -1.79. The minimum absolute atomic E-state index is 0.00482. The third-order valence-corrected chi connectivity index (χ3v) is 4.75. The molecule has 0 spiro atoms. The van der Waals surface area contributed by atoms with Crippen LogP contribution in [0.25, 0.3) is 0 Å². The molecule has 0 aromatic heterocycles. The second-order valence-corrected chi connectivity index (χ2v) is 7.29. The largest absolute Gasteiger partial charge is 0.489 e. The molecule has 2 amide bonds. The van der Waals surface area contributed by atoms with Gasteiger partial charge >= 0.3 is 0 Å². The van der Waals surface area contributed by atoms with E-state index in [4.69, 9.17) is 16.3 Å². The zero-order valence-corrected chi connectivity index (χ0v) is 16.4. The summed E-state index contributed by atoms with van der Waals surface area (Å²) in [7, 11) is 1.58. The number of halogens is 1. The van der Waals surface area contributed by atoms with Crippen LogP contribution >= 0.6 is 11.6 Å². The standard InChI is InChI=1S/C19H28ClN3O3/c1-12(2)26-17-5-4-14(11-15(17)20)18(24)23-16(19(25)21-3)10-13-6-8-22-9-7-13/h4-5,11-13,16,22H,6-10H2,1-3H3,(H,21,25)(H,23,24). The number of piperidine rings is 1. The van der Waals surface area contributed by atoms with E-state index in [9.17, 15) is 9.59 Å². The lowest BCUT2D eigenvalue weighted by Crippen LogP contribution is -2.47. The first kappa shape index (κ1) is 20.5. The molecule has 1 aromatic rings. The Balaban J connectivity index is 2.05. The number of amides is 2. The molecule has 1 aliphatic heterocycles. The van der Waals surface area contributed by atoms with Crippen molar-refractivity contribution in [1.82, 2.24) is 16.0 Å². The summed E-state index contributed by atoms with van der Waals surface area (Å²) in [6.07, 6.45) is 2.65. The van der Waals surface area contributed by atoms with Gasteiger partial charge in [0.2, 0.25) is 5.91 Å². The molecule has 1 fully saturated rings.